The fourth-order valence-electron chi connectivity index (χ4n) is 4.20. The number of ether oxygens (including phenoxy) is 1. The highest BCUT2D eigenvalue weighted by atomic mass is 19.1. The van der Waals surface area contributed by atoms with Crippen molar-refractivity contribution in [3.8, 4) is 5.75 Å². The first-order valence-electron chi connectivity index (χ1n) is 10.7. The van der Waals surface area contributed by atoms with Crippen molar-refractivity contribution in [2.45, 2.75) is 25.7 Å². The summed E-state index contributed by atoms with van der Waals surface area (Å²) in [4.78, 5) is 28.8. The summed E-state index contributed by atoms with van der Waals surface area (Å²) in [6.07, 6.45) is 4.04. The number of nitrogens with zero attached hydrogens (tertiary/aromatic N) is 2. The van der Waals surface area contributed by atoms with Gasteiger partial charge in [0, 0.05) is 43.2 Å². The van der Waals surface area contributed by atoms with E-state index in [1.54, 1.807) is 17.0 Å². The van der Waals surface area contributed by atoms with Crippen LogP contribution in [0.1, 0.15) is 46.4 Å². The molecule has 5 nitrogen and oxygen atoms in total. The highest BCUT2D eigenvalue weighted by molar-refractivity contribution is 5.94. The molecule has 30 heavy (non-hydrogen) atoms. The van der Waals surface area contributed by atoms with E-state index in [0.29, 0.717) is 30.8 Å². The zero-order valence-electron chi connectivity index (χ0n) is 17.1. The van der Waals surface area contributed by atoms with Gasteiger partial charge in [0.05, 0.1) is 6.61 Å². The number of amides is 2. The molecule has 2 aromatic carbocycles. The van der Waals surface area contributed by atoms with Crippen molar-refractivity contribution >= 4 is 11.8 Å². The molecule has 2 aliphatic heterocycles. The number of hydrogen-bond donors (Lipinski definition) is 0. The van der Waals surface area contributed by atoms with Crippen molar-refractivity contribution in [3.05, 3.63) is 65.5 Å². The van der Waals surface area contributed by atoms with E-state index in [1.165, 1.54) is 12.1 Å². The van der Waals surface area contributed by atoms with Crippen LogP contribution in [0.4, 0.5) is 4.39 Å². The van der Waals surface area contributed by atoms with Gasteiger partial charge in [0.1, 0.15) is 11.6 Å². The highest BCUT2D eigenvalue weighted by Crippen LogP contribution is 2.22. The molecule has 0 radical (unpaired) electrons. The van der Waals surface area contributed by atoms with E-state index in [4.69, 9.17) is 4.74 Å². The van der Waals surface area contributed by atoms with E-state index < -0.39 is 5.82 Å². The number of hydrogen-bond acceptors (Lipinski definition) is 3. The standard InChI is InChI=1S/C24H27FN2O3/c25-21-7-3-6-20(15-21)24(29)27-14-4-5-18(16-27)17-30-22-10-8-19(9-11-22)23(28)26-12-1-2-13-26/h3,6-11,15,18H,1-2,4-5,12-14,16-17H2/t18-/m0/s1. The Morgan fingerprint density at radius 1 is 0.900 bits per heavy atom. The number of carbonyl (C=O) groups is 2. The first-order valence-corrected chi connectivity index (χ1v) is 10.7. The normalized spacial score (nSPS) is 19.0. The van der Waals surface area contributed by atoms with E-state index in [0.717, 1.165) is 44.5 Å². The predicted molar refractivity (Wildman–Crippen MR) is 112 cm³/mol. The molecule has 2 saturated heterocycles. The number of piperidine rings is 1. The first kappa shape index (κ1) is 20.4. The average molecular weight is 410 g/mol. The maximum atomic E-state index is 13.4. The van der Waals surface area contributed by atoms with Gasteiger partial charge in [0.25, 0.3) is 11.8 Å². The van der Waals surface area contributed by atoms with Crippen molar-refractivity contribution in [1.82, 2.24) is 9.80 Å². The van der Waals surface area contributed by atoms with Crippen LogP contribution in [0.2, 0.25) is 0 Å². The van der Waals surface area contributed by atoms with E-state index in [-0.39, 0.29) is 17.7 Å². The van der Waals surface area contributed by atoms with E-state index in [9.17, 15) is 14.0 Å². The molecule has 0 aromatic heterocycles. The van der Waals surface area contributed by atoms with Gasteiger partial charge in [-0.2, -0.15) is 0 Å². The highest BCUT2D eigenvalue weighted by Gasteiger charge is 2.25. The average Bonchev–Trinajstić information content (AvgIpc) is 3.32. The zero-order valence-corrected chi connectivity index (χ0v) is 17.1. The molecule has 0 unspecified atom stereocenters. The van der Waals surface area contributed by atoms with Crippen LogP contribution in [-0.4, -0.2) is 54.4 Å². The van der Waals surface area contributed by atoms with E-state index >= 15 is 0 Å². The lowest BCUT2D eigenvalue weighted by Crippen LogP contribution is -2.41. The fourth-order valence-corrected chi connectivity index (χ4v) is 4.20. The molecule has 0 spiro atoms. The summed E-state index contributed by atoms with van der Waals surface area (Å²) in [6.45, 7) is 3.46. The Kier molecular flexibility index (Phi) is 6.31. The molecular formula is C24H27FN2O3. The van der Waals surface area contributed by atoms with Gasteiger partial charge in [-0.3, -0.25) is 9.59 Å². The predicted octanol–water partition coefficient (Wildman–Crippen LogP) is 3.99. The molecule has 2 fully saturated rings. The smallest absolute Gasteiger partial charge is 0.253 e. The van der Waals surface area contributed by atoms with Gasteiger partial charge in [0.2, 0.25) is 0 Å². The fraction of sp³-hybridized carbons (Fsp3) is 0.417. The van der Waals surface area contributed by atoms with Crippen LogP contribution in [0.25, 0.3) is 0 Å². The van der Waals surface area contributed by atoms with Crippen molar-refractivity contribution < 1.29 is 18.7 Å². The van der Waals surface area contributed by atoms with Crippen molar-refractivity contribution in [1.29, 1.82) is 0 Å². The van der Waals surface area contributed by atoms with Crippen LogP contribution in [0.5, 0.6) is 5.75 Å². The van der Waals surface area contributed by atoms with E-state index in [2.05, 4.69) is 0 Å². The lowest BCUT2D eigenvalue weighted by atomic mass is 9.98. The third-order valence-corrected chi connectivity index (χ3v) is 5.86. The summed E-state index contributed by atoms with van der Waals surface area (Å²) in [5.41, 5.74) is 1.07. The van der Waals surface area contributed by atoms with Gasteiger partial charge < -0.3 is 14.5 Å². The van der Waals surface area contributed by atoms with Gasteiger partial charge in [0.15, 0.2) is 0 Å². The van der Waals surface area contributed by atoms with Gasteiger partial charge >= 0.3 is 0 Å². The minimum Gasteiger partial charge on any atom is -0.493 e. The number of rotatable bonds is 5. The Morgan fingerprint density at radius 2 is 1.60 bits per heavy atom. The third kappa shape index (κ3) is 4.81. The van der Waals surface area contributed by atoms with Crippen LogP contribution in [0.15, 0.2) is 48.5 Å². The number of benzene rings is 2. The van der Waals surface area contributed by atoms with Crippen LogP contribution in [-0.2, 0) is 0 Å². The molecule has 0 saturated carbocycles. The summed E-state index contributed by atoms with van der Waals surface area (Å²) < 4.78 is 19.4. The molecule has 2 heterocycles. The third-order valence-electron chi connectivity index (χ3n) is 5.86. The minimum atomic E-state index is -0.399. The van der Waals surface area contributed by atoms with Crippen LogP contribution < -0.4 is 4.74 Å². The molecule has 2 aromatic rings. The van der Waals surface area contributed by atoms with Gasteiger partial charge in [-0.15, -0.1) is 0 Å². The molecule has 2 amide bonds. The van der Waals surface area contributed by atoms with Crippen molar-refractivity contribution in [3.63, 3.8) is 0 Å². The molecule has 4 rings (SSSR count). The van der Waals surface area contributed by atoms with Gasteiger partial charge in [-0.1, -0.05) is 6.07 Å². The number of halogens is 1. The second-order valence-corrected chi connectivity index (χ2v) is 8.10. The summed E-state index contributed by atoms with van der Waals surface area (Å²) >= 11 is 0. The van der Waals surface area contributed by atoms with Crippen molar-refractivity contribution in [2.24, 2.45) is 5.92 Å². The minimum absolute atomic E-state index is 0.0813. The zero-order chi connectivity index (χ0) is 20.9. The second kappa shape index (κ2) is 9.28. The Morgan fingerprint density at radius 3 is 2.33 bits per heavy atom. The number of likely N-dealkylation sites (tertiary alicyclic amines) is 2. The van der Waals surface area contributed by atoms with Crippen LogP contribution >= 0.6 is 0 Å². The maximum Gasteiger partial charge on any atom is 0.253 e. The lowest BCUT2D eigenvalue weighted by molar-refractivity contribution is 0.0632. The molecule has 0 N–H and O–H groups in total. The number of carbonyl (C=O) groups excluding carboxylic acids is 2. The first-order chi connectivity index (χ1) is 14.6. The Labute approximate surface area is 176 Å². The molecular weight excluding hydrogens is 383 g/mol. The molecule has 1 atom stereocenters. The van der Waals surface area contributed by atoms with Gasteiger partial charge in [-0.05, 0) is 68.1 Å². The second-order valence-electron chi connectivity index (χ2n) is 8.10. The Hall–Kier alpha value is -2.89. The molecule has 158 valence electrons. The summed E-state index contributed by atoms with van der Waals surface area (Å²) in [7, 11) is 0. The molecule has 2 aliphatic rings. The van der Waals surface area contributed by atoms with Gasteiger partial charge in [-0.25, -0.2) is 4.39 Å². The summed E-state index contributed by atoms with van der Waals surface area (Å²) in [6, 6.07) is 13.1. The SMILES string of the molecule is O=C(c1ccc(OC[C@H]2CCCN(C(=O)c3cccc(F)c3)C2)cc1)N1CCCC1. The summed E-state index contributed by atoms with van der Waals surface area (Å²) in [5, 5.41) is 0. The van der Waals surface area contributed by atoms with Crippen LogP contribution in [0.3, 0.4) is 0 Å². The lowest BCUT2D eigenvalue weighted by Gasteiger charge is -2.32. The van der Waals surface area contributed by atoms with E-state index in [1.807, 2.05) is 29.2 Å². The summed E-state index contributed by atoms with van der Waals surface area (Å²) in [5.74, 6) is 0.495. The quantitative estimate of drug-likeness (QED) is 0.749. The van der Waals surface area contributed by atoms with Crippen molar-refractivity contribution in [2.75, 3.05) is 32.8 Å². The molecule has 6 heteroatoms. The molecule has 0 aliphatic carbocycles. The molecule has 0 bridgehead atoms. The Balaban J connectivity index is 1.30. The maximum absolute atomic E-state index is 13.4. The monoisotopic (exact) mass is 410 g/mol. The Bertz CT molecular complexity index is 894. The largest absolute Gasteiger partial charge is 0.493 e. The van der Waals surface area contributed by atoms with Crippen LogP contribution in [0, 0.1) is 11.7 Å². The topological polar surface area (TPSA) is 49.9 Å².